The Morgan fingerprint density at radius 1 is 0.962 bits per heavy atom. The van der Waals surface area contributed by atoms with Crippen molar-refractivity contribution in [2.24, 2.45) is 0 Å². The molecule has 26 heavy (non-hydrogen) atoms. The van der Waals surface area contributed by atoms with Gasteiger partial charge in [-0.2, -0.15) is 4.31 Å². The maximum Gasteiger partial charge on any atom is 0.251 e. The highest BCUT2D eigenvalue weighted by Crippen LogP contribution is 2.17. The molecule has 0 fully saturated rings. The fourth-order valence-electron chi connectivity index (χ4n) is 2.74. The van der Waals surface area contributed by atoms with E-state index in [0.29, 0.717) is 24.2 Å². The summed E-state index contributed by atoms with van der Waals surface area (Å²) in [5.74, 6) is -0.196. The van der Waals surface area contributed by atoms with Crippen LogP contribution in [-0.2, 0) is 10.0 Å². The van der Waals surface area contributed by atoms with Crippen molar-refractivity contribution < 1.29 is 13.2 Å². The van der Waals surface area contributed by atoms with Crippen LogP contribution in [0.1, 0.15) is 51.9 Å². The monoisotopic (exact) mass is 383 g/mol. The van der Waals surface area contributed by atoms with Crippen LogP contribution < -0.4 is 5.32 Å². The van der Waals surface area contributed by atoms with Crippen LogP contribution in [0.4, 0.5) is 0 Å². The van der Waals surface area contributed by atoms with Crippen molar-refractivity contribution in [3.63, 3.8) is 0 Å². The molecule has 1 aromatic rings. The third kappa shape index (κ3) is 5.79. The number of rotatable bonds is 9. The highest BCUT2D eigenvalue weighted by molar-refractivity contribution is 7.89. The van der Waals surface area contributed by atoms with Gasteiger partial charge in [-0.1, -0.05) is 0 Å². The van der Waals surface area contributed by atoms with Gasteiger partial charge < -0.3 is 5.32 Å². The standard InChI is InChI=1S/C19H33N3O3S/c1-14(2)21(7)26(24,25)18-10-8-17(9-11-18)19(23)20-12-13-22(15(3)4)16(5)6/h8-11,14-16H,12-13H2,1-7H3,(H,20,23). The van der Waals surface area contributed by atoms with E-state index in [9.17, 15) is 13.2 Å². The number of sulfonamides is 1. The van der Waals surface area contributed by atoms with Gasteiger partial charge in [0.1, 0.15) is 0 Å². The molecule has 0 aliphatic rings. The summed E-state index contributed by atoms with van der Waals surface area (Å²) in [7, 11) is -1.98. The van der Waals surface area contributed by atoms with E-state index in [2.05, 4.69) is 37.9 Å². The molecule has 0 aliphatic carbocycles. The fraction of sp³-hybridized carbons (Fsp3) is 0.632. The van der Waals surface area contributed by atoms with Gasteiger partial charge in [0, 0.05) is 43.8 Å². The number of hydrogen-bond acceptors (Lipinski definition) is 4. The lowest BCUT2D eigenvalue weighted by molar-refractivity contribution is 0.0939. The lowest BCUT2D eigenvalue weighted by atomic mass is 10.2. The Kier molecular flexibility index (Phi) is 8.24. The molecule has 1 rings (SSSR count). The average molecular weight is 384 g/mol. The van der Waals surface area contributed by atoms with Gasteiger partial charge in [-0.15, -0.1) is 0 Å². The first-order valence-electron chi connectivity index (χ1n) is 9.10. The SMILES string of the molecule is CC(C)N(CCNC(=O)c1ccc(S(=O)(=O)N(C)C(C)C)cc1)C(C)C. The fourth-order valence-corrected chi connectivity index (χ4v) is 4.10. The molecule has 1 aromatic carbocycles. The number of nitrogens with zero attached hydrogens (tertiary/aromatic N) is 2. The van der Waals surface area contributed by atoms with Crippen LogP contribution in [0.25, 0.3) is 0 Å². The predicted octanol–water partition coefficient (Wildman–Crippen LogP) is 2.56. The Hall–Kier alpha value is -1.44. The van der Waals surface area contributed by atoms with Crippen LogP contribution in [0.3, 0.4) is 0 Å². The summed E-state index contributed by atoms with van der Waals surface area (Å²) in [5, 5.41) is 2.90. The van der Waals surface area contributed by atoms with Gasteiger partial charge >= 0.3 is 0 Å². The molecule has 0 saturated carbocycles. The quantitative estimate of drug-likeness (QED) is 0.711. The van der Waals surface area contributed by atoms with Crippen LogP contribution in [0.2, 0.25) is 0 Å². The summed E-state index contributed by atoms with van der Waals surface area (Å²) in [5.41, 5.74) is 0.455. The number of amides is 1. The molecule has 0 heterocycles. The molecule has 0 aromatic heterocycles. The van der Waals surface area contributed by atoms with E-state index in [4.69, 9.17) is 0 Å². The molecular weight excluding hydrogens is 350 g/mol. The normalized spacial score (nSPS) is 12.6. The van der Waals surface area contributed by atoms with Gasteiger partial charge in [0.15, 0.2) is 0 Å². The van der Waals surface area contributed by atoms with E-state index in [-0.39, 0.29) is 16.8 Å². The van der Waals surface area contributed by atoms with Crippen molar-refractivity contribution >= 4 is 15.9 Å². The Labute approximate surface area is 158 Å². The van der Waals surface area contributed by atoms with E-state index in [1.54, 1.807) is 19.2 Å². The first kappa shape index (κ1) is 22.6. The van der Waals surface area contributed by atoms with Crippen molar-refractivity contribution in [2.75, 3.05) is 20.1 Å². The zero-order valence-electron chi connectivity index (χ0n) is 17.0. The third-order valence-corrected chi connectivity index (χ3v) is 6.55. The number of carbonyl (C=O) groups excluding carboxylic acids is 1. The lowest BCUT2D eigenvalue weighted by Crippen LogP contribution is -2.42. The van der Waals surface area contributed by atoms with Gasteiger partial charge in [0.2, 0.25) is 10.0 Å². The largest absolute Gasteiger partial charge is 0.351 e. The minimum atomic E-state index is -3.53. The number of hydrogen-bond donors (Lipinski definition) is 1. The summed E-state index contributed by atoms with van der Waals surface area (Å²) in [6.07, 6.45) is 0. The van der Waals surface area contributed by atoms with Gasteiger partial charge in [-0.3, -0.25) is 9.69 Å². The van der Waals surface area contributed by atoms with Crippen LogP contribution >= 0.6 is 0 Å². The first-order valence-corrected chi connectivity index (χ1v) is 10.5. The minimum absolute atomic E-state index is 0.132. The van der Waals surface area contributed by atoms with Crippen LogP contribution in [-0.4, -0.2) is 61.8 Å². The van der Waals surface area contributed by atoms with Crippen LogP contribution in [0, 0.1) is 0 Å². The Balaban J connectivity index is 2.73. The van der Waals surface area contributed by atoms with Gasteiger partial charge in [0.05, 0.1) is 4.90 Å². The van der Waals surface area contributed by atoms with Crippen LogP contribution in [0.5, 0.6) is 0 Å². The van der Waals surface area contributed by atoms with E-state index in [1.165, 1.54) is 16.4 Å². The summed E-state index contributed by atoms with van der Waals surface area (Å²) in [4.78, 5) is 14.8. The van der Waals surface area contributed by atoms with Crippen molar-refractivity contribution in [3.05, 3.63) is 29.8 Å². The molecular formula is C19H33N3O3S. The van der Waals surface area contributed by atoms with Crippen molar-refractivity contribution in [2.45, 2.75) is 64.6 Å². The summed E-state index contributed by atoms with van der Waals surface area (Å²) in [6.45, 7) is 13.5. The number of benzene rings is 1. The van der Waals surface area contributed by atoms with E-state index in [0.717, 1.165) is 6.54 Å². The molecule has 148 valence electrons. The van der Waals surface area contributed by atoms with Crippen molar-refractivity contribution in [3.8, 4) is 0 Å². The zero-order chi connectivity index (χ0) is 20.1. The molecule has 0 radical (unpaired) electrons. The molecule has 1 amide bonds. The van der Waals surface area contributed by atoms with E-state index < -0.39 is 10.0 Å². The lowest BCUT2D eigenvalue weighted by Gasteiger charge is -2.30. The second kappa shape index (κ2) is 9.48. The summed E-state index contributed by atoms with van der Waals surface area (Å²) >= 11 is 0. The van der Waals surface area contributed by atoms with E-state index in [1.807, 2.05) is 13.8 Å². The topological polar surface area (TPSA) is 69.7 Å². The predicted molar refractivity (Wildman–Crippen MR) is 106 cm³/mol. The Bertz CT molecular complexity index is 674. The van der Waals surface area contributed by atoms with Crippen LogP contribution in [0.15, 0.2) is 29.2 Å². The molecule has 0 aliphatic heterocycles. The zero-order valence-corrected chi connectivity index (χ0v) is 17.8. The summed E-state index contributed by atoms with van der Waals surface area (Å²) < 4.78 is 26.2. The van der Waals surface area contributed by atoms with Crippen molar-refractivity contribution in [1.82, 2.24) is 14.5 Å². The molecule has 0 spiro atoms. The minimum Gasteiger partial charge on any atom is -0.351 e. The maximum atomic E-state index is 12.4. The molecule has 0 saturated heterocycles. The Morgan fingerprint density at radius 3 is 1.88 bits per heavy atom. The third-order valence-electron chi connectivity index (χ3n) is 4.50. The highest BCUT2D eigenvalue weighted by atomic mass is 32.2. The number of carbonyl (C=O) groups is 1. The molecule has 0 atom stereocenters. The number of nitrogens with one attached hydrogen (secondary N) is 1. The Morgan fingerprint density at radius 2 is 1.46 bits per heavy atom. The maximum absolute atomic E-state index is 12.4. The van der Waals surface area contributed by atoms with Gasteiger partial charge in [0.25, 0.3) is 5.91 Å². The smallest absolute Gasteiger partial charge is 0.251 e. The second-order valence-electron chi connectivity index (χ2n) is 7.32. The molecule has 6 nitrogen and oxygen atoms in total. The molecule has 7 heteroatoms. The van der Waals surface area contributed by atoms with Crippen molar-refractivity contribution in [1.29, 1.82) is 0 Å². The first-order chi connectivity index (χ1) is 12.0. The summed E-state index contributed by atoms with van der Waals surface area (Å²) in [6, 6.07) is 6.77. The highest BCUT2D eigenvalue weighted by Gasteiger charge is 2.23. The molecule has 0 unspecified atom stereocenters. The van der Waals surface area contributed by atoms with E-state index >= 15 is 0 Å². The molecule has 0 bridgehead atoms. The second-order valence-corrected chi connectivity index (χ2v) is 9.32. The van der Waals surface area contributed by atoms with Gasteiger partial charge in [-0.25, -0.2) is 8.42 Å². The van der Waals surface area contributed by atoms with Gasteiger partial charge in [-0.05, 0) is 65.8 Å². The molecule has 1 N–H and O–H groups in total. The average Bonchev–Trinajstić information content (AvgIpc) is 2.56.